The van der Waals surface area contributed by atoms with E-state index >= 15 is 0 Å². The largest absolute Gasteiger partial charge is 0.494 e. The first-order valence-electron chi connectivity index (χ1n) is 7.21. The van der Waals surface area contributed by atoms with E-state index in [1.54, 1.807) is 6.07 Å². The smallest absolute Gasteiger partial charge is 0.167 e. The molecule has 0 fully saturated rings. The number of hydrogen-bond donors (Lipinski definition) is 0. The highest BCUT2D eigenvalue weighted by molar-refractivity contribution is 9.10. The van der Waals surface area contributed by atoms with E-state index in [1.807, 2.05) is 36.4 Å². The minimum Gasteiger partial charge on any atom is -0.494 e. The summed E-state index contributed by atoms with van der Waals surface area (Å²) in [6, 6.07) is 19.3. The van der Waals surface area contributed by atoms with Gasteiger partial charge in [0.25, 0.3) is 0 Å². The Hall–Kier alpha value is -2.33. The van der Waals surface area contributed by atoms with Crippen molar-refractivity contribution in [2.45, 2.75) is 0 Å². The van der Waals surface area contributed by atoms with Gasteiger partial charge in [-0.05, 0) is 36.4 Å². The maximum absolute atomic E-state index is 14.2. The van der Waals surface area contributed by atoms with Gasteiger partial charge < -0.3 is 9.30 Å². The summed E-state index contributed by atoms with van der Waals surface area (Å²) in [5.74, 6) is -0.120. The highest BCUT2D eigenvalue weighted by atomic mass is 79.9. The SMILES string of the molecule is COc1ccc(-n2c3ccccc3c3cc(Br)ccc32)cc1F. The van der Waals surface area contributed by atoms with Crippen molar-refractivity contribution < 1.29 is 9.13 Å². The lowest BCUT2D eigenvalue weighted by atomic mass is 10.2. The van der Waals surface area contributed by atoms with Crippen molar-refractivity contribution >= 4 is 37.7 Å². The zero-order chi connectivity index (χ0) is 16.0. The molecule has 0 radical (unpaired) electrons. The molecule has 0 aliphatic heterocycles. The molecule has 0 amide bonds. The van der Waals surface area contributed by atoms with Crippen molar-refractivity contribution in [1.29, 1.82) is 0 Å². The summed E-state index contributed by atoms with van der Waals surface area (Å²) in [5, 5.41) is 2.27. The predicted octanol–water partition coefficient (Wildman–Crippen LogP) is 5.69. The van der Waals surface area contributed by atoms with Gasteiger partial charge in [-0.3, -0.25) is 0 Å². The molecule has 3 aromatic carbocycles. The third kappa shape index (κ3) is 2.21. The minimum absolute atomic E-state index is 0.247. The van der Waals surface area contributed by atoms with Crippen LogP contribution in [0, 0.1) is 5.82 Å². The Morgan fingerprint density at radius 3 is 2.48 bits per heavy atom. The van der Waals surface area contributed by atoms with Gasteiger partial charge in [-0.15, -0.1) is 0 Å². The van der Waals surface area contributed by atoms with Crippen LogP contribution in [0.3, 0.4) is 0 Å². The summed E-state index contributed by atoms with van der Waals surface area (Å²) in [4.78, 5) is 0. The fourth-order valence-electron chi connectivity index (χ4n) is 3.02. The maximum atomic E-state index is 14.2. The molecule has 4 rings (SSSR count). The molecule has 2 nitrogen and oxygen atoms in total. The molecule has 4 aromatic rings. The van der Waals surface area contributed by atoms with E-state index in [9.17, 15) is 4.39 Å². The molecule has 0 unspecified atom stereocenters. The zero-order valence-electron chi connectivity index (χ0n) is 12.4. The van der Waals surface area contributed by atoms with E-state index in [0.717, 1.165) is 32.0 Å². The van der Waals surface area contributed by atoms with Crippen LogP contribution in [0.25, 0.3) is 27.5 Å². The summed E-state index contributed by atoms with van der Waals surface area (Å²) in [6.07, 6.45) is 0. The number of benzene rings is 3. The Kier molecular flexibility index (Phi) is 3.34. The van der Waals surface area contributed by atoms with Crippen LogP contribution in [0.1, 0.15) is 0 Å². The molecule has 0 spiro atoms. The Labute approximate surface area is 141 Å². The van der Waals surface area contributed by atoms with Crippen molar-refractivity contribution in [1.82, 2.24) is 4.57 Å². The van der Waals surface area contributed by atoms with Gasteiger partial charge in [-0.2, -0.15) is 0 Å². The van der Waals surface area contributed by atoms with Crippen LogP contribution in [0.4, 0.5) is 4.39 Å². The second kappa shape index (κ2) is 5.39. The van der Waals surface area contributed by atoms with Gasteiger partial charge in [-0.1, -0.05) is 34.1 Å². The van der Waals surface area contributed by atoms with Crippen molar-refractivity contribution in [3.63, 3.8) is 0 Å². The van der Waals surface area contributed by atoms with Crippen LogP contribution < -0.4 is 4.74 Å². The first-order valence-corrected chi connectivity index (χ1v) is 8.01. The molecule has 0 saturated carbocycles. The Balaban J connectivity index is 2.11. The molecule has 0 N–H and O–H groups in total. The van der Waals surface area contributed by atoms with Crippen molar-refractivity contribution in [2.24, 2.45) is 0 Å². The van der Waals surface area contributed by atoms with Crippen molar-refractivity contribution in [3.8, 4) is 11.4 Å². The molecule has 23 heavy (non-hydrogen) atoms. The number of ether oxygens (including phenoxy) is 1. The van der Waals surface area contributed by atoms with Crippen LogP contribution in [0.2, 0.25) is 0 Å². The fourth-order valence-corrected chi connectivity index (χ4v) is 3.38. The van der Waals surface area contributed by atoms with E-state index in [1.165, 1.54) is 13.2 Å². The normalized spacial score (nSPS) is 11.3. The van der Waals surface area contributed by atoms with Gasteiger partial charge >= 0.3 is 0 Å². The zero-order valence-corrected chi connectivity index (χ0v) is 14.0. The van der Waals surface area contributed by atoms with Crippen LogP contribution in [-0.2, 0) is 0 Å². The van der Waals surface area contributed by atoms with Gasteiger partial charge in [0.1, 0.15) is 0 Å². The molecule has 4 heteroatoms. The third-order valence-electron chi connectivity index (χ3n) is 4.03. The number of rotatable bonds is 2. The van der Waals surface area contributed by atoms with Crippen molar-refractivity contribution in [3.05, 3.63) is 71.0 Å². The number of methoxy groups -OCH3 is 1. The summed E-state index contributed by atoms with van der Waals surface area (Å²) < 4.78 is 22.3. The van der Waals surface area contributed by atoms with Crippen LogP contribution in [0.15, 0.2) is 65.1 Å². The van der Waals surface area contributed by atoms with Gasteiger partial charge in [0.2, 0.25) is 0 Å². The van der Waals surface area contributed by atoms with Crippen LogP contribution in [0.5, 0.6) is 5.75 Å². The first-order chi connectivity index (χ1) is 11.2. The summed E-state index contributed by atoms with van der Waals surface area (Å²) in [5.41, 5.74) is 2.86. The summed E-state index contributed by atoms with van der Waals surface area (Å²) in [6.45, 7) is 0. The number of para-hydroxylation sites is 1. The molecular weight excluding hydrogens is 357 g/mol. The highest BCUT2D eigenvalue weighted by Crippen LogP contribution is 2.34. The predicted molar refractivity (Wildman–Crippen MR) is 95.0 cm³/mol. The molecule has 0 bridgehead atoms. The van der Waals surface area contributed by atoms with Crippen LogP contribution in [-0.4, -0.2) is 11.7 Å². The number of hydrogen-bond acceptors (Lipinski definition) is 1. The number of halogens is 2. The standard InChI is InChI=1S/C19H13BrFNO/c1-23-19-9-7-13(11-16(19)21)22-17-5-3-2-4-14(17)15-10-12(20)6-8-18(15)22/h2-11H,1H3. The average Bonchev–Trinajstić information content (AvgIpc) is 2.88. The minimum atomic E-state index is -0.368. The van der Waals surface area contributed by atoms with E-state index < -0.39 is 0 Å². The summed E-state index contributed by atoms with van der Waals surface area (Å²) >= 11 is 3.53. The van der Waals surface area contributed by atoms with Gasteiger partial charge in [0.05, 0.1) is 18.1 Å². The van der Waals surface area contributed by atoms with E-state index in [2.05, 4.69) is 32.6 Å². The second-order valence-corrected chi connectivity index (χ2v) is 6.25. The molecule has 1 heterocycles. The van der Waals surface area contributed by atoms with E-state index in [4.69, 9.17) is 4.74 Å². The van der Waals surface area contributed by atoms with Crippen LogP contribution >= 0.6 is 15.9 Å². The van der Waals surface area contributed by atoms with Gasteiger partial charge in [0.15, 0.2) is 11.6 Å². The second-order valence-electron chi connectivity index (χ2n) is 5.33. The molecule has 1 aromatic heterocycles. The van der Waals surface area contributed by atoms with E-state index in [0.29, 0.717) is 0 Å². The lowest BCUT2D eigenvalue weighted by Gasteiger charge is -2.09. The molecule has 0 aliphatic carbocycles. The molecule has 0 atom stereocenters. The monoisotopic (exact) mass is 369 g/mol. The maximum Gasteiger partial charge on any atom is 0.167 e. The molecule has 0 aliphatic rings. The fraction of sp³-hybridized carbons (Fsp3) is 0.0526. The molecular formula is C19H13BrFNO. The topological polar surface area (TPSA) is 14.2 Å². The number of fused-ring (bicyclic) bond motifs is 3. The van der Waals surface area contributed by atoms with Gasteiger partial charge in [0, 0.05) is 27.0 Å². The lowest BCUT2D eigenvalue weighted by molar-refractivity contribution is 0.386. The Morgan fingerprint density at radius 2 is 1.70 bits per heavy atom. The molecule has 114 valence electrons. The van der Waals surface area contributed by atoms with Gasteiger partial charge in [-0.25, -0.2) is 4.39 Å². The quantitative estimate of drug-likeness (QED) is 0.442. The van der Waals surface area contributed by atoms with E-state index in [-0.39, 0.29) is 11.6 Å². The lowest BCUT2D eigenvalue weighted by Crippen LogP contribution is -1.96. The Bertz CT molecular complexity index is 1040. The molecule has 0 saturated heterocycles. The Morgan fingerprint density at radius 1 is 0.913 bits per heavy atom. The average molecular weight is 370 g/mol. The first kappa shape index (κ1) is 14.3. The number of nitrogens with zero attached hydrogens (tertiary/aromatic N) is 1. The highest BCUT2D eigenvalue weighted by Gasteiger charge is 2.13. The summed E-state index contributed by atoms with van der Waals surface area (Å²) in [7, 11) is 1.47. The third-order valence-corrected chi connectivity index (χ3v) is 4.52. The van der Waals surface area contributed by atoms with Crippen molar-refractivity contribution in [2.75, 3.05) is 7.11 Å². The number of aromatic nitrogens is 1.